The Hall–Kier alpha value is -3.60. The van der Waals surface area contributed by atoms with Gasteiger partial charge in [-0.05, 0) is 61.9 Å². The van der Waals surface area contributed by atoms with E-state index in [9.17, 15) is 4.79 Å². The molecule has 2 rings (SSSR count). The zero-order valence-corrected chi connectivity index (χ0v) is 15.3. The number of ether oxygens (including phenoxy) is 1. The smallest absolute Gasteiger partial charge is 0.335 e. The standard InChI is InChI=1S/C22H22N2O3/c1-4-7-19(21(23)27-18-9-6-8-15(3)14-18)20(5-2)24-17-12-10-16(11-13-17)22(25)26/h4-14H,2,23H2,1,3H3,(H,25,26)/b7-4-,21-19?,24-20?. The van der Waals surface area contributed by atoms with E-state index in [1.165, 1.54) is 12.1 Å². The molecule has 3 N–H and O–H groups in total. The molecule has 5 nitrogen and oxygen atoms in total. The van der Waals surface area contributed by atoms with Gasteiger partial charge in [-0.25, -0.2) is 9.79 Å². The van der Waals surface area contributed by atoms with E-state index in [2.05, 4.69) is 11.6 Å². The number of rotatable bonds is 7. The molecule has 0 aromatic heterocycles. The highest BCUT2D eigenvalue weighted by Gasteiger charge is 2.10. The van der Waals surface area contributed by atoms with E-state index in [0.29, 0.717) is 22.7 Å². The molecule has 0 saturated carbocycles. The third-order valence-corrected chi connectivity index (χ3v) is 3.65. The highest BCUT2D eigenvalue weighted by Crippen LogP contribution is 2.20. The molecule has 2 aromatic rings. The second-order valence-corrected chi connectivity index (χ2v) is 5.75. The van der Waals surface area contributed by atoms with Crippen molar-refractivity contribution in [1.82, 2.24) is 0 Å². The van der Waals surface area contributed by atoms with Crippen molar-refractivity contribution in [3.63, 3.8) is 0 Å². The van der Waals surface area contributed by atoms with Crippen LogP contribution in [0.3, 0.4) is 0 Å². The number of aromatic carboxylic acids is 1. The molecule has 0 unspecified atom stereocenters. The second kappa shape index (κ2) is 9.20. The first-order valence-corrected chi connectivity index (χ1v) is 8.36. The summed E-state index contributed by atoms with van der Waals surface area (Å²) in [6.45, 7) is 7.64. The van der Waals surface area contributed by atoms with Crippen LogP contribution in [-0.4, -0.2) is 16.8 Å². The Kier molecular flexibility index (Phi) is 6.72. The van der Waals surface area contributed by atoms with Gasteiger partial charge in [0.1, 0.15) is 5.75 Å². The van der Waals surface area contributed by atoms with Crippen molar-refractivity contribution >= 4 is 17.4 Å². The lowest BCUT2D eigenvalue weighted by atomic mass is 10.1. The summed E-state index contributed by atoms with van der Waals surface area (Å²) in [5.74, 6) is -0.164. The van der Waals surface area contributed by atoms with Crippen molar-refractivity contribution in [3.8, 4) is 5.75 Å². The molecule has 27 heavy (non-hydrogen) atoms. The van der Waals surface area contributed by atoms with E-state index in [0.717, 1.165) is 5.56 Å². The van der Waals surface area contributed by atoms with E-state index in [4.69, 9.17) is 15.6 Å². The van der Waals surface area contributed by atoms with Crippen LogP contribution < -0.4 is 10.5 Å². The van der Waals surface area contributed by atoms with Crippen molar-refractivity contribution in [1.29, 1.82) is 0 Å². The maximum atomic E-state index is 11.0. The predicted molar refractivity (Wildman–Crippen MR) is 109 cm³/mol. The van der Waals surface area contributed by atoms with Gasteiger partial charge in [-0.2, -0.15) is 0 Å². The lowest BCUT2D eigenvalue weighted by molar-refractivity contribution is 0.0697. The van der Waals surface area contributed by atoms with E-state index in [-0.39, 0.29) is 11.4 Å². The van der Waals surface area contributed by atoms with Gasteiger partial charge in [0.25, 0.3) is 0 Å². The Labute approximate surface area is 158 Å². The molecule has 138 valence electrons. The molecule has 0 radical (unpaired) electrons. The van der Waals surface area contributed by atoms with Crippen LogP contribution in [0.1, 0.15) is 22.8 Å². The van der Waals surface area contributed by atoms with Gasteiger partial charge in [-0.3, -0.25) is 0 Å². The number of carboxylic acid groups (broad SMARTS) is 1. The molecule has 0 amide bonds. The second-order valence-electron chi connectivity index (χ2n) is 5.75. The summed E-state index contributed by atoms with van der Waals surface area (Å²) in [6.07, 6.45) is 5.19. The number of aryl methyl sites for hydroxylation is 1. The average Bonchev–Trinajstić information content (AvgIpc) is 2.64. The van der Waals surface area contributed by atoms with Crippen LogP contribution in [0.5, 0.6) is 5.75 Å². The minimum atomic E-state index is -0.986. The van der Waals surface area contributed by atoms with Crippen molar-refractivity contribution in [2.75, 3.05) is 0 Å². The lowest BCUT2D eigenvalue weighted by Crippen LogP contribution is -2.13. The Morgan fingerprint density at radius 3 is 2.48 bits per heavy atom. The summed E-state index contributed by atoms with van der Waals surface area (Å²) in [5, 5.41) is 8.99. The van der Waals surface area contributed by atoms with Gasteiger partial charge in [0.15, 0.2) is 5.88 Å². The van der Waals surface area contributed by atoms with Gasteiger partial charge in [-0.15, -0.1) is 0 Å². The molecule has 0 aliphatic carbocycles. The molecule has 0 heterocycles. The molecule has 0 saturated heterocycles. The van der Waals surface area contributed by atoms with Crippen molar-refractivity contribution in [2.45, 2.75) is 13.8 Å². The highest BCUT2D eigenvalue weighted by molar-refractivity contribution is 6.11. The fourth-order valence-electron chi connectivity index (χ4n) is 2.35. The van der Waals surface area contributed by atoms with Gasteiger partial charge in [-0.1, -0.05) is 30.9 Å². The maximum absolute atomic E-state index is 11.0. The quantitative estimate of drug-likeness (QED) is 0.422. The molecule has 5 heteroatoms. The number of carboxylic acids is 1. The van der Waals surface area contributed by atoms with E-state index in [1.807, 2.05) is 44.2 Å². The molecule has 0 aliphatic rings. The fourth-order valence-corrected chi connectivity index (χ4v) is 2.35. The zero-order valence-electron chi connectivity index (χ0n) is 15.3. The van der Waals surface area contributed by atoms with Gasteiger partial charge in [0, 0.05) is 0 Å². The number of hydrogen-bond acceptors (Lipinski definition) is 4. The summed E-state index contributed by atoms with van der Waals surface area (Å²) in [7, 11) is 0. The van der Waals surface area contributed by atoms with Gasteiger partial charge < -0.3 is 15.6 Å². The number of nitrogens with zero attached hydrogens (tertiary/aromatic N) is 1. The van der Waals surface area contributed by atoms with E-state index >= 15 is 0 Å². The first kappa shape index (κ1) is 19.7. The van der Waals surface area contributed by atoms with Crippen LogP contribution in [-0.2, 0) is 0 Å². The summed E-state index contributed by atoms with van der Waals surface area (Å²) in [5.41, 5.74) is 9.11. The van der Waals surface area contributed by atoms with Gasteiger partial charge >= 0.3 is 5.97 Å². The Balaban J connectivity index is 2.41. The van der Waals surface area contributed by atoms with Gasteiger partial charge in [0.05, 0.1) is 22.5 Å². The zero-order chi connectivity index (χ0) is 19.8. The Morgan fingerprint density at radius 2 is 1.93 bits per heavy atom. The topological polar surface area (TPSA) is 84.9 Å². The number of nitrogens with two attached hydrogens (primary N) is 1. The van der Waals surface area contributed by atoms with Crippen molar-refractivity contribution in [2.24, 2.45) is 10.7 Å². The summed E-state index contributed by atoms with van der Waals surface area (Å²) in [4.78, 5) is 15.5. The maximum Gasteiger partial charge on any atom is 0.335 e. The number of benzene rings is 2. The first-order valence-electron chi connectivity index (χ1n) is 8.36. The minimum Gasteiger partial charge on any atom is -0.478 e. The monoisotopic (exact) mass is 362 g/mol. The number of allylic oxidation sites excluding steroid dienone is 4. The largest absolute Gasteiger partial charge is 0.478 e. The number of carbonyl (C=O) groups is 1. The van der Waals surface area contributed by atoms with Crippen molar-refractivity contribution < 1.29 is 14.6 Å². The van der Waals surface area contributed by atoms with Crippen LogP contribution in [0.2, 0.25) is 0 Å². The molecule has 2 aromatic carbocycles. The molecule has 0 atom stereocenters. The molecule has 0 aliphatic heterocycles. The predicted octanol–water partition coefficient (Wildman–Crippen LogP) is 4.78. The van der Waals surface area contributed by atoms with Crippen molar-refractivity contribution in [3.05, 3.63) is 95.9 Å². The third kappa shape index (κ3) is 5.44. The van der Waals surface area contributed by atoms with Crippen LogP contribution in [0.15, 0.2) is 89.8 Å². The fraction of sp³-hybridized carbons (Fsp3) is 0.0909. The molecule has 0 fully saturated rings. The average molecular weight is 362 g/mol. The van der Waals surface area contributed by atoms with Crippen LogP contribution in [0.25, 0.3) is 0 Å². The molecular weight excluding hydrogens is 340 g/mol. The van der Waals surface area contributed by atoms with Crippen LogP contribution in [0.4, 0.5) is 5.69 Å². The lowest BCUT2D eigenvalue weighted by Gasteiger charge is -2.11. The summed E-state index contributed by atoms with van der Waals surface area (Å²) in [6, 6.07) is 13.8. The number of hydrogen-bond donors (Lipinski definition) is 2. The normalized spacial score (nSPS) is 12.6. The van der Waals surface area contributed by atoms with E-state index < -0.39 is 5.97 Å². The summed E-state index contributed by atoms with van der Waals surface area (Å²) >= 11 is 0. The van der Waals surface area contributed by atoms with Crippen LogP contribution >= 0.6 is 0 Å². The highest BCUT2D eigenvalue weighted by atomic mass is 16.5. The molecular formula is C22H22N2O3. The Bertz CT molecular complexity index is 923. The molecule has 0 spiro atoms. The van der Waals surface area contributed by atoms with E-state index in [1.54, 1.807) is 24.3 Å². The third-order valence-electron chi connectivity index (χ3n) is 3.65. The SMILES string of the molecule is C=CC(=Nc1ccc(C(=O)O)cc1)C(/C=C\C)=C(N)Oc1cccc(C)c1. The first-order chi connectivity index (χ1) is 12.9. The van der Waals surface area contributed by atoms with Crippen LogP contribution in [0, 0.1) is 6.92 Å². The van der Waals surface area contributed by atoms with Gasteiger partial charge in [0.2, 0.25) is 0 Å². The molecule has 0 bridgehead atoms. The Morgan fingerprint density at radius 1 is 1.22 bits per heavy atom. The minimum absolute atomic E-state index is 0.194. The number of aliphatic imine (C=N–C) groups is 1. The summed E-state index contributed by atoms with van der Waals surface area (Å²) < 4.78 is 5.78.